The van der Waals surface area contributed by atoms with Crippen molar-refractivity contribution in [2.45, 2.75) is 26.8 Å². The molecule has 0 aliphatic carbocycles. The Kier molecular flexibility index (Phi) is 6.61. The van der Waals surface area contributed by atoms with Crippen molar-refractivity contribution in [3.05, 3.63) is 60.0 Å². The maximum absolute atomic E-state index is 9.84. The minimum Gasteiger partial charge on any atom is -0.438 e. The van der Waals surface area contributed by atoms with Crippen LogP contribution >= 0.6 is 0 Å². The van der Waals surface area contributed by atoms with Crippen molar-refractivity contribution in [1.82, 2.24) is 14.9 Å². The van der Waals surface area contributed by atoms with E-state index in [0.29, 0.717) is 36.2 Å². The van der Waals surface area contributed by atoms with Gasteiger partial charge in [-0.05, 0) is 45.0 Å². The predicted molar refractivity (Wildman–Crippen MR) is 113 cm³/mol. The van der Waals surface area contributed by atoms with Crippen molar-refractivity contribution in [1.29, 1.82) is 0 Å². The molecule has 0 fully saturated rings. The summed E-state index contributed by atoms with van der Waals surface area (Å²) < 4.78 is 11.4. The van der Waals surface area contributed by atoms with Crippen LogP contribution in [0.25, 0.3) is 10.8 Å². The second kappa shape index (κ2) is 9.34. The van der Waals surface area contributed by atoms with Gasteiger partial charge >= 0.3 is 0 Å². The molecule has 0 bridgehead atoms. The summed E-state index contributed by atoms with van der Waals surface area (Å²) in [5.41, 5.74) is 1.41. The number of fused-ring (bicyclic) bond motifs is 1. The van der Waals surface area contributed by atoms with Crippen LogP contribution in [0.15, 0.2) is 53.9 Å². The molecule has 7 nitrogen and oxygen atoms in total. The van der Waals surface area contributed by atoms with Crippen molar-refractivity contribution < 1.29 is 14.7 Å². The number of oxime groups is 1. The number of amidine groups is 1. The van der Waals surface area contributed by atoms with E-state index in [0.717, 1.165) is 16.5 Å². The Labute approximate surface area is 170 Å². The Balaban J connectivity index is 2.05. The third-order valence-electron chi connectivity index (χ3n) is 4.61. The predicted octanol–water partition coefficient (Wildman–Crippen LogP) is 4.22. The van der Waals surface area contributed by atoms with E-state index >= 15 is 0 Å². The molecule has 7 heteroatoms. The van der Waals surface area contributed by atoms with E-state index in [1.807, 2.05) is 62.1 Å². The molecule has 0 atom stereocenters. The summed E-state index contributed by atoms with van der Waals surface area (Å²) >= 11 is 0. The van der Waals surface area contributed by atoms with E-state index in [1.54, 1.807) is 19.5 Å². The Hall–Kier alpha value is -3.19. The lowest BCUT2D eigenvalue weighted by molar-refractivity contribution is 0.164. The van der Waals surface area contributed by atoms with Gasteiger partial charge in [-0.1, -0.05) is 17.3 Å². The second-order valence-corrected chi connectivity index (χ2v) is 6.96. The second-order valence-electron chi connectivity index (χ2n) is 6.96. The van der Waals surface area contributed by atoms with E-state index in [4.69, 9.17) is 9.47 Å². The molecule has 0 radical (unpaired) electrons. The van der Waals surface area contributed by atoms with E-state index in [1.165, 1.54) is 0 Å². The van der Waals surface area contributed by atoms with Gasteiger partial charge in [0, 0.05) is 48.6 Å². The molecule has 3 rings (SSSR count). The number of aromatic nitrogens is 2. The summed E-state index contributed by atoms with van der Waals surface area (Å²) in [6.07, 6.45) is 3.52. The molecule has 0 spiro atoms. The van der Waals surface area contributed by atoms with E-state index in [-0.39, 0.29) is 6.04 Å². The summed E-state index contributed by atoms with van der Waals surface area (Å²) in [6, 6.07) is 11.5. The first-order valence-electron chi connectivity index (χ1n) is 9.51. The van der Waals surface area contributed by atoms with Crippen LogP contribution in [0.2, 0.25) is 0 Å². The number of benzene rings is 1. The van der Waals surface area contributed by atoms with Gasteiger partial charge in [0.1, 0.15) is 5.75 Å². The summed E-state index contributed by atoms with van der Waals surface area (Å²) in [4.78, 5) is 10.7. The van der Waals surface area contributed by atoms with Crippen molar-refractivity contribution in [3.8, 4) is 11.6 Å². The Morgan fingerprint density at radius 2 is 2.03 bits per heavy atom. The largest absolute Gasteiger partial charge is 0.438 e. The van der Waals surface area contributed by atoms with Crippen LogP contribution < -0.4 is 4.74 Å². The molecule has 3 aromatic rings. The Morgan fingerprint density at radius 3 is 2.76 bits per heavy atom. The molecule has 1 N–H and O–H groups in total. The number of pyridine rings is 2. The molecular weight excluding hydrogens is 368 g/mol. The quantitative estimate of drug-likeness (QED) is 0.280. The number of hydrogen-bond acceptors (Lipinski definition) is 6. The first-order chi connectivity index (χ1) is 14.0. The lowest BCUT2D eigenvalue weighted by atomic mass is 10.1. The molecular formula is C22H26N4O3. The maximum atomic E-state index is 9.84. The van der Waals surface area contributed by atoms with Gasteiger partial charge in [0.25, 0.3) is 0 Å². The summed E-state index contributed by atoms with van der Waals surface area (Å²) in [5.74, 6) is 1.43. The summed E-state index contributed by atoms with van der Waals surface area (Å²) in [5, 5.41) is 15.3. The molecule has 0 amide bonds. The fourth-order valence-corrected chi connectivity index (χ4v) is 3.13. The molecule has 1 aromatic carbocycles. The average Bonchev–Trinajstić information content (AvgIpc) is 2.72. The van der Waals surface area contributed by atoms with Gasteiger partial charge in [0.05, 0.1) is 12.2 Å². The Morgan fingerprint density at radius 1 is 1.21 bits per heavy atom. The monoisotopic (exact) mass is 394 g/mol. The van der Waals surface area contributed by atoms with Gasteiger partial charge in [-0.3, -0.25) is 4.98 Å². The molecule has 0 saturated heterocycles. The molecule has 2 aromatic heterocycles. The maximum Gasteiger partial charge on any atom is 0.230 e. The zero-order valence-corrected chi connectivity index (χ0v) is 17.2. The van der Waals surface area contributed by atoms with Crippen molar-refractivity contribution in [2.75, 3.05) is 20.3 Å². The van der Waals surface area contributed by atoms with Gasteiger partial charge in [-0.2, -0.15) is 0 Å². The lowest BCUT2D eigenvalue weighted by Gasteiger charge is -2.29. The van der Waals surface area contributed by atoms with Gasteiger partial charge in [0.15, 0.2) is 5.84 Å². The Bertz CT molecular complexity index is 999. The van der Waals surface area contributed by atoms with Gasteiger partial charge in [0.2, 0.25) is 5.88 Å². The first kappa shape index (κ1) is 20.5. The van der Waals surface area contributed by atoms with Crippen LogP contribution in [0.3, 0.4) is 0 Å². The van der Waals surface area contributed by atoms with Crippen LogP contribution in [0, 0.1) is 6.92 Å². The number of aryl methyl sites for hydroxylation is 1. The number of methoxy groups -OCH3 is 1. The van der Waals surface area contributed by atoms with E-state index < -0.39 is 0 Å². The highest BCUT2D eigenvalue weighted by Gasteiger charge is 2.22. The molecule has 0 saturated carbocycles. The standard InChI is InChI=1S/C22H26N4O3/c1-15(2)26(12-13-28-4)21(25-27)19-9-8-16(3)24-22(19)29-20-7-5-6-17-14-23-11-10-18(17)20/h5-11,14-15,27H,12-13H2,1-4H3/b25-21-. The van der Waals surface area contributed by atoms with Crippen molar-refractivity contribution in [2.24, 2.45) is 5.16 Å². The van der Waals surface area contributed by atoms with Gasteiger partial charge in [-0.15, -0.1) is 0 Å². The third-order valence-corrected chi connectivity index (χ3v) is 4.61. The molecule has 0 aliphatic heterocycles. The number of nitrogens with zero attached hydrogens (tertiary/aromatic N) is 4. The molecule has 0 unspecified atom stereocenters. The SMILES string of the molecule is COCCN(/C(=N\O)c1ccc(C)nc1Oc1cccc2cnccc12)C(C)C. The lowest BCUT2D eigenvalue weighted by Crippen LogP contribution is -2.40. The van der Waals surface area contributed by atoms with Crippen LogP contribution in [0.1, 0.15) is 25.1 Å². The highest BCUT2D eigenvalue weighted by atomic mass is 16.5. The topological polar surface area (TPSA) is 80.1 Å². The normalized spacial score (nSPS) is 11.8. The average molecular weight is 394 g/mol. The van der Waals surface area contributed by atoms with Crippen LogP contribution in [0.4, 0.5) is 0 Å². The highest BCUT2D eigenvalue weighted by molar-refractivity contribution is 6.00. The number of hydrogen-bond donors (Lipinski definition) is 1. The molecule has 152 valence electrons. The van der Waals surface area contributed by atoms with Crippen LogP contribution in [-0.4, -0.2) is 52.2 Å². The smallest absolute Gasteiger partial charge is 0.230 e. The summed E-state index contributed by atoms with van der Waals surface area (Å²) in [7, 11) is 1.64. The minimum atomic E-state index is 0.0915. The minimum absolute atomic E-state index is 0.0915. The van der Waals surface area contributed by atoms with Gasteiger partial charge in [-0.25, -0.2) is 4.98 Å². The van der Waals surface area contributed by atoms with E-state index in [9.17, 15) is 5.21 Å². The van der Waals surface area contributed by atoms with Crippen LogP contribution in [-0.2, 0) is 4.74 Å². The third kappa shape index (κ3) is 4.63. The van der Waals surface area contributed by atoms with Crippen molar-refractivity contribution >= 4 is 16.6 Å². The molecule has 0 aliphatic rings. The zero-order valence-electron chi connectivity index (χ0n) is 17.2. The number of rotatable bonds is 7. The van der Waals surface area contributed by atoms with Crippen LogP contribution in [0.5, 0.6) is 11.6 Å². The van der Waals surface area contributed by atoms with E-state index in [2.05, 4.69) is 15.1 Å². The summed E-state index contributed by atoms with van der Waals surface area (Å²) in [6.45, 7) is 7.02. The fourth-order valence-electron chi connectivity index (χ4n) is 3.13. The molecule has 29 heavy (non-hydrogen) atoms. The van der Waals surface area contributed by atoms with Gasteiger partial charge < -0.3 is 19.6 Å². The fraction of sp³-hybridized carbons (Fsp3) is 0.318. The molecule has 2 heterocycles. The zero-order chi connectivity index (χ0) is 20.8. The first-order valence-corrected chi connectivity index (χ1v) is 9.51. The number of ether oxygens (including phenoxy) is 2. The van der Waals surface area contributed by atoms with Crippen molar-refractivity contribution in [3.63, 3.8) is 0 Å². The highest BCUT2D eigenvalue weighted by Crippen LogP contribution is 2.31.